The first-order chi connectivity index (χ1) is 6.38. The molecule has 0 aromatic heterocycles. The normalized spacial score (nSPS) is 25.8. The summed E-state index contributed by atoms with van der Waals surface area (Å²) in [5.41, 5.74) is 1.51. The molecule has 0 aromatic carbocycles. The van der Waals surface area contributed by atoms with Gasteiger partial charge in [-0.1, -0.05) is 18.6 Å². The van der Waals surface area contributed by atoms with E-state index in [9.17, 15) is 0 Å². The molecule has 0 fully saturated rings. The smallest absolute Gasteiger partial charge is 0.126 e. The molecule has 1 unspecified atom stereocenters. The Kier molecular flexibility index (Phi) is 4.83. The Bertz CT molecular complexity index is 220. The lowest BCUT2D eigenvalue weighted by atomic mass is 9.83. The summed E-state index contributed by atoms with van der Waals surface area (Å²) in [5, 5.41) is 0. The van der Waals surface area contributed by atoms with Gasteiger partial charge in [0, 0.05) is 0 Å². The van der Waals surface area contributed by atoms with Gasteiger partial charge >= 0.3 is 6.00 Å². The van der Waals surface area contributed by atoms with Crippen LogP contribution in [0.15, 0.2) is 11.6 Å². The van der Waals surface area contributed by atoms with Crippen molar-refractivity contribution in [2.24, 2.45) is 11.8 Å². The van der Waals surface area contributed by atoms with E-state index in [-0.39, 0.29) is 0 Å². The Morgan fingerprint density at radius 1 is 1.50 bits per heavy atom. The Morgan fingerprint density at radius 2 is 2.14 bits per heavy atom. The molecule has 0 N–H and O–H groups in total. The summed E-state index contributed by atoms with van der Waals surface area (Å²) in [5.74, 6) is 1.28. The number of rotatable bonds is 3. The SMILES string of the molecule is CC1=CC[C@H](C(C)C[Si](Cl)(Cl)Cl)CC1. The maximum atomic E-state index is 5.93. The highest BCUT2D eigenvalue weighted by Gasteiger charge is 2.31. The second-order valence-electron chi connectivity index (χ2n) is 4.38. The number of hydrogen-bond donors (Lipinski definition) is 0. The quantitative estimate of drug-likeness (QED) is 0.384. The lowest BCUT2D eigenvalue weighted by Gasteiger charge is -2.27. The molecule has 0 bridgehead atoms. The molecular formula is C10H17Cl3Si. The van der Waals surface area contributed by atoms with Crippen LogP contribution in [0, 0.1) is 11.8 Å². The first-order valence-electron chi connectivity index (χ1n) is 5.11. The van der Waals surface area contributed by atoms with Crippen LogP contribution in [-0.4, -0.2) is 6.00 Å². The van der Waals surface area contributed by atoms with Crippen LogP contribution in [0.3, 0.4) is 0 Å². The molecule has 1 aliphatic rings. The summed E-state index contributed by atoms with van der Waals surface area (Å²) < 4.78 is 0. The van der Waals surface area contributed by atoms with Crippen molar-refractivity contribution < 1.29 is 0 Å². The van der Waals surface area contributed by atoms with Crippen molar-refractivity contribution in [3.8, 4) is 0 Å². The molecule has 0 saturated carbocycles. The third-order valence-corrected chi connectivity index (χ3v) is 5.53. The molecule has 0 aliphatic heterocycles. The zero-order valence-electron chi connectivity index (χ0n) is 8.69. The molecule has 0 aromatic rings. The average Bonchev–Trinajstić information content (AvgIpc) is 2.02. The molecule has 0 nitrogen and oxygen atoms in total. The van der Waals surface area contributed by atoms with Crippen LogP contribution in [0.5, 0.6) is 0 Å². The van der Waals surface area contributed by atoms with Crippen LogP contribution in [0.4, 0.5) is 0 Å². The zero-order valence-corrected chi connectivity index (χ0v) is 12.0. The third kappa shape index (κ3) is 4.56. The molecule has 4 heteroatoms. The second-order valence-corrected chi connectivity index (χ2v) is 13.6. The van der Waals surface area contributed by atoms with Crippen molar-refractivity contribution in [2.45, 2.75) is 39.2 Å². The van der Waals surface area contributed by atoms with Crippen LogP contribution in [0.1, 0.15) is 33.1 Å². The summed E-state index contributed by atoms with van der Waals surface area (Å²) >= 11 is 17.8. The minimum absolute atomic E-state index is 0.554. The minimum Gasteiger partial charge on any atom is -0.126 e. The predicted molar refractivity (Wildman–Crippen MR) is 68.4 cm³/mol. The maximum absolute atomic E-state index is 5.93. The summed E-state index contributed by atoms with van der Waals surface area (Å²) in [6.07, 6.45) is 5.99. The van der Waals surface area contributed by atoms with Gasteiger partial charge in [0.25, 0.3) is 0 Å². The number of hydrogen-bond acceptors (Lipinski definition) is 0. The van der Waals surface area contributed by atoms with E-state index in [1.54, 1.807) is 0 Å². The highest BCUT2D eigenvalue weighted by molar-refractivity contribution is 7.64. The van der Waals surface area contributed by atoms with Crippen molar-refractivity contribution >= 4 is 39.2 Å². The fraction of sp³-hybridized carbons (Fsp3) is 0.800. The van der Waals surface area contributed by atoms with Crippen LogP contribution < -0.4 is 0 Å². The van der Waals surface area contributed by atoms with E-state index in [0.717, 1.165) is 12.0 Å². The fourth-order valence-electron chi connectivity index (χ4n) is 2.03. The summed E-state index contributed by atoms with van der Waals surface area (Å²) in [6.45, 7) is 4.42. The highest BCUT2D eigenvalue weighted by Crippen LogP contribution is 2.37. The molecule has 14 heavy (non-hydrogen) atoms. The van der Waals surface area contributed by atoms with E-state index >= 15 is 0 Å². The van der Waals surface area contributed by atoms with Gasteiger partial charge in [-0.3, -0.25) is 0 Å². The Morgan fingerprint density at radius 3 is 2.57 bits per heavy atom. The van der Waals surface area contributed by atoms with Crippen molar-refractivity contribution in [2.75, 3.05) is 0 Å². The van der Waals surface area contributed by atoms with Gasteiger partial charge in [0.15, 0.2) is 0 Å². The van der Waals surface area contributed by atoms with Gasteiger partial charge in [-0.15, -0.1) is 33.2 Å². The fourth-order valence-corrected chi connectivity index (χ4v) is 5.29. The first kappa shape index (κ1) is 12.9. The van der Waals surface area contributed by atoms with E-state index in [4.69, 9.17) is 33.2 Å². The lowest BCUT2D eigenvalue weighted by Crippen LogP contribution is -2.21. The molecule has 0 amide bonds. The van der Waals surface area contributed by atoms with Gasteiger partial charge in [0.1, 0.15) is 0 Å². The monoisotopic (exact) mass is 270 g/mol. The Hall–Kier alpha value is 0.827. The second kappa shape index (κ2) is 5.24. The molecule has 1 aliphatic carbocycles. The summed E-state index contributed by atoms with van der Waals surface area (Å²) in [4.78, 5) is 0. The van der Waals surface area contributed by atoms with Crippen molar-refractivity contribution in [1.82, 2.24) is 0 Å². The lowest BCUT2D eigenvalue weighted by molar-refractivity contribution is 0.350. The van der Waals surface area contributed by atoms with Gasteiger partial charge in [-0.05, 0) is 44.1 Å². The van der Waals surface area contributed by atoms with E-state index in [1.165, 1.54) is 24.8 Å². The largest absolute Gasteiger partial charge is 0.341 e. The molecule has 0 radical (unpaired) electrons. The van der Waals surface area contributed by atoms with Gasteiger partial charge < -0.3 is 0 Å². The van der Waals surface area contributed by atoms with Crippen molar-refractivity contribution in [1.29, 1.82) is 0 Å². The molecule has 2 atom stereocenters. The van der Waals surface area contributed by atoms with Gasteiger partial charge in [-0.25, -0.2) is 0 Å². The predicted octanol–water partition coefficient (Wildman–Crippen LogP) is 5.02. The van der Waals surface area contributed by atoms with Gasteiger partial charge in [-0.2, -0.15) is 0 Å². The van der Waals surface area contributed by atoms with Crippen molar-refractivity contribution in [3.05, 3.63) is 11.6 Å². The molecule has 0 heterocycles. The van der Waals surface area contributed by atoms with Gasteiger partial charge in [0.2, 0.25) is 0 Å². The Labute approximate surface area is 102 Å². The zero-order chi connectivity index (χ0) is 10.8. The van der Waals surface area contributed by atoms with Crippen LogP contribution >= 0.6 is 33.2 Å². The standard InChI is InChI=1S/C10H17Cl3Si/c1-8-3-5-10(6-4-8)9(2)7-14(11,12)13/h3,9-10H,4-7H2,1-2H3/t9?,10-/m0/s1. The molecule has 0 saturated heterocycles. The maximum Gasteiger partial charge on any atom is 0.341 e. The molecular weight excluding hydrogens is 255 g/mol. The minimum atomic E-state index is -2.43. The van der Waals surface area contributed by atoms with E-state index in [1.807, 2.05) is 0 Å². The number of halogens is 3. The summed E-state index contributed by atoms with van der Waals surface area (Å²) in [6, 6.07) is -1.62. The van der Waals surface area contributed by atoms with Crippen LogP contribution in [0.2, 0.25) is 6.04 Å². The van der Waals surface area contributed by atoms with Gasteiger partial charge in [0.05, 0.1) is 0 Å². The van der Waals surface area contributed by atoms with Crippen LogP contribution in [0.25, 0.3) is 0 Å². The first-order valence-corrected chi connectivity index (χ1v) is 10.3. The molecule has 1 rings (SSSR count). The van der Waals surface area contributed by atoms with E-state index in [2.05, 4.69) is 19.9 Å². The van der Waals surface area contributed by atoms with E-state index in [0.29, 0.717) is 5.92 Å². The van der Waals surface area contributed by atoms with E-state index < -0.39 is 6.00 Å². The topological polar surface area (TPSA) is 0 Å². The summed E-state index contributed by atoms with van der Waals surface area (Å²) in [7, 11) is 0. The Balaban J connectivity index is 2.43. The molecule has 0 spiro atoms. The third-order valence-electron chi connectivity index (χ3n) is 3.04. The average molecular weight is 272 g/mol. The molecule has 82 valence electrons. The number of allylic oxidation sites excluding steroid dienone is 2. The highest BCUT2D eigenvalue weighted by atomic mass is 35.8. The van der Waals surface area contributed by atoms with Crippen LogP contribution in [-0.2, 0) is 0 Å². The van der Waals surface area contributed by atoms with Crippen molar-refractivity contribution in [3.63, 3.8) is 0 Å².